The average Bonchev–Trinajstić information content (AvgIpc) is 2.61. The van der Waals surface area contributed by atoms with E-state index in [0.29, 0.717) is 16.3 Å². The van der Waals surface area contributed by atoms with E-state index >= 15 is 0 Å². The number of fused-ring (bicyclic) bond motifs is 1. The molecule has 0 unspecified atom stereocenters. The summed E-state index contributed by atoms with van der Waals surface area (Å²) < 4.78 is 34.5. The number of halogens is 1. The van der Waals surface area contributed by atoms with Crippen LogP contribution in [0, 0.1) is 6.92 Å². The number of rotatable bonds is 4. The van der Waals surface area contributed by atoms with Gasteiger partial charge in [-0.2, -0.15) is 5.11 Å². The van der Waals surface area contributed by atoms with Gasteiger partial charge in [0, 0.05) is 10.4 Å². The summed E-state index contributed by atoms with van der Waals surface area (Å²) in [5.74, 6) is -2.33. The number of aryl methyl sites for hydroxylation is 1. The van der Waals surface area contributed by atoms with Crippen molar-refractivity contribution in [1.29, 1.82) is 0 Å². The molecule has 8 nitrogen and oxygen atoms in total. The molecule has 0 atom stereocenters. The van der Waals surface area contributed by atoms with Gasteiger partial charge >= 0.3 is 51.5 Å². The molecule has 0 aromatic heterocycles. The first-order valence-corrected chi connectivity index (χ1v) is 9.52. The second-order valence-corrected chi connectivity index (χ2v) is 7.61. The van der Waals surface area contributed by atoms with Crippen molar-refractivity contribution in [3.63, 3.8) is 0 Å². The van der Waals surface area contributed by atoms with E-state index in [4.69, 9.17) is 11.6 Å². The van der Waals surface area contributed by atoms with Crippen LogP contribution < -0.4 is 5.11 Å². The molecule has 0 aliphatic rings. The van der Waals surface area contributed by atoms with Gasteiger partial charge in [-0.3, -0.25) is 0 Å². The Kier molecular flexibility index (Phi) is 7.44. The van der Waals surface area contributed by atoms with Crippen molar-refractivity contribution < 1.29 is 28.0 Å². The smallest absolute Gasteiger partial charge is 0.870 e. The normalized spacial score (nSPS) is 11.6. The Morgan fingerprint density at radius 3 is 2.41 bits per heavy atom. The Balaban J connectivity index is 0.00000300. The van der Waals surface area contributed by atoms with Gasteiger partial charge in [-0.15, -0.1) is 5.11 Å². The third-order valence-corrected chi connectivity index (χ3v) is 5.25. The van der Waals surface area contributed by atoms with Crippen molar-refractivity contribution in [2.45, 2.75) is 11.8 Å². The maximum Gasteiger partial charge on any atom is 2.00 e. The summed E-state index contributed by atoms with van der Waals surface area (Å²) in [6.07, 6.45) is 0. The van der Waals surface area contributed by atoms with Crippen LogP contribution in [0.15, 0.2) is 57.6 Å². The molecule has 0 amide bonds. The molecular weight excluding hydrogens is 495 g/mol. The first kappa shape index (κ1) is 23.7. The van der Waals surface area contributed by atoms with Gasteiger partial charge < -0.3 is 14.8 Å². The molecule has 0 aliphatic heterocycles. The number of hydrogen-bond acceptors (Lipinski definition) is 7. The molecule has 11 heteroatoms. The van der Waals surface area contributed by atoms with E-state index in [1.807, 2.05) is 0 Å². The van der Waals surface area contributed by atoms with Crippen molar-refractivity contribution in [2.75, 3.05) is 0 Å². The number of carbonyl (C=O) groups is 1. The average molecular weight is 506 g/mol. The fourth-order valence-electron chi connectivity index (χ4n) is 2.59. The minimum atomic E-state index is -4.89. The van der Waals surface area contributed by atoms with Gasteiger partial charge in [0.25, 0.3) is 0 Å². The molecule has 0 bridgehead atoms. The topological polar surface area (TPSA) is 142 Å². The number of nitrogens with zero attached hydrogens (tertiary/aromatic N) is 2. The summed E-state index contributed by atoms with van der Waals surface area (Å²) >= 11 is 5.97. The Labute approximate surface area is 207 Å². The van der Waals surface area contributed by atoms with Crippen LogP contribution in [0.5, 0.6) is 5.75 Å². The van der Waals surface area contributed by atoms with Crippen LogP contribution in [0.3, 0.4) is 0 Å². The monoisotopic (exact) mass is 506 g/mol. The first-order valence-electron chi connectivity index (χ1n) is 7.73. The summed E-state index contributed by atoms with van der Waals surface area (Å²) in [6, 6.07) is 9.83. The Morgan fingerprint density at radius 2 is 1.79 bits per heavy atom. The van der Waals surface area contributed by atoms with Crippen molar-refractivity contribution in [3.05, 3.63) is 58.6 Å². The maximum absolute atomic E-state index is 12.5. The standard InChI is InChI=1S/C18H13ClN2O6S.Sr/c1-9-6-15(28(25,26)27)14(8-13(9)19)20-21-16-11-5-3-2-4-10(11)7-12(17(16)22)18(23)24;/h2-8,22H,1H3,(H,23,24)(H,25,26,27);/q;+2/p-2. The van der Waals surface area contributed by atoms with Gasteiger partial charge in [-0.1, -0.05) is 41.6 Å². The Bertz CT molecular complexity index is 1260. The van der Waals surface area contributed by atoms with Crippen molar-refractivity contribution in [3.8, 4) is 5.75 Å². The largest absolute Gasteiger partial charge is 2.00 e. The Morgan fingerprint density at radius 1 is 1.14 bits per heavy atom. The Hall–Kier alpha value is -1.53. The van der Waals surface area contributed by atoms with Crippen LogP contribution in [0.25, 0.3) is 10.8 Å². The molecular formula is C18H11ClN2O6SSr. The molecule has 0 fully saturated rings. The summed E-state index contributed by atoms with van der Waals surface area (Å²) in [6.45, 7) is 1.51. The van der Waals surface area contributed by atoms with E-state index < -0.39 is 32.3 Å². The van der Waals surface area contributed by atoms with Gasteiger partial charge in [-0.25, -0.2) is 13.2 Å². The number of azo groups is 1. The number of carboxylic acids is 1. The molecule has 29 heavy (non-hydrogen) atoms. The number of carboxylic acid groups (broad SMARTS) is 1. The third-order valence-electron chi connectivity index (χ3n) is 3.97. The van der Waals surface area contributed by atoms with Crippen LogP contribution >= 0.6 is 11.6 Å². The van der Waals surface area contributed by atoms with Gasteiger partial charge in [0.15, 0.2) is 0 Å². The fraction of sp³-hybridized carbons (Fsp3) is 0.0556. The molecule has 3 aromatic carbocycles. The molecule has 3 aromatic rings. The van der Waals surface area contributed by atoms with Gasteiger partial charge in [0.05, 0.1) is 16.1 Å². The summed E-state index contributed by atoms with van der Waals surface area (Å²) in [7, 11) is -4.89. The second kappa shape index (κ2) is 9.09. The van der Waals surface area contributed by atoms with Gasteiger partial charge in [-0.05, 0) is 36.1 Å². The van der Waals surface area contributed by atoms with Crippen LogP contribution in [0.1, 0.15) is 15.9 Å². The van der Waals surface area contributed by atoms with Crippen molar-refractivity contribution >= 4 is 95.3 Å². The quantitative estimate of drug-likeness (QED) is 0.326. The van der Waals surface area contributed by atoms with E-state index in [9.17, 15) is 28.0 Å². The number of hydrogen-bond donors (Lipinski definition) is 1. The zero-order valence-electron chi connectivity index (χ0n) is 14.9. The molecule has 0 aliphatic carbocycles. The maximum atomic E-state index is 12.5. The number of aromatic carboxylic acids is 1. The second-order valence-electron chi connectivity index (χ2n) is 5.85. The van der Waals surface area contributed by atoms with E-state index in [1.54, 1.807) is 24.3 Å². The van der Waals surface area contributed by atoms with Crippen LogP contribution in [-0.2, 0) is 10.1 Å². The van der Waals surface area contributed by atoms with Gasteiger partial charge in [0.1, 0.15) is 15.8 Å². The molecule has 144 valence electrons. The summed E-state index contributed by atoms with van der Waals surface area (Å²) in [5, 5.41) is 30.2. The molecule has 0 saturated heterocycles. The molecule has 1 N–H and O–H groups in total. The number of benzene rings is 3. The summed E-state index contributed by atoms with van der Waals surface area (Å²) in [5.41, 5.74) is -0.805. The van der Waals surface area contributed by atoms with E-state index in [2.05, 4.69) is 10.2 Å². The molecule has 0 spiro atoms. The molecule has 0 radical (unpaired) electrons. The summed E-state index contributed by atoms with van der Waals surface area (Å²) in [4.78, 5) is 10.7. The molecule has 0 heterocycles. The predicted molar refractivity (Wildman–Crippen MR) is 104 cm³/mol. The minimum Gasteiger partial charge on any atom is -0.870 e. The van der Waals surface area contributed by atoms with Gasteiger partial charge in [0.2, 0.25) is 0 Å². The van der Waals surface area contributed by atoms with Crippen molar-refractivity contribution in [1.82, 2.24) is 0 Å². The third kappa shape index (κ3) is 4.97. The SMILES string of the molecule is Cc1cc(S(=O)(=O)[O-])c(N=Nc2c([O-])c(C(=O)O)cc3ccccc23)cc1Cl.[Sr+2]. The van der Waals surface area contributed by atoms with Crippen LogP contribution in [-0.4, -0.2) is 69.5 Å². The predicted octanol–water partition coefficient (Wildman–Crippen LogP) is 3.51. The van der Waals surface area contributed by atoms with Crippen LogP contribution in [0.2, 0.25) is 5.02 Å². The first-order chi connectivity index (χ1) is 13.1. The van der Waals surface area contributed by atoms with Crippen molar-refractivity contribution in [2.24, 2.45) is 10.2 Å². The molecule has 3 rings (SSSR count). The van der Waals surface area contributed by atoms with E-state index in [0.717, 1.165) is 12.1 Å². The zero-order chi connectivity index (χ0) is 20.6. The zero-order valence-corrected chi connectivity index (χ0v) is 20.0. The molecule has 0 saturated carbocycles. The fourth-order valence-corrected chi connectivity index (χ4v) is 3.43. The minimum absolute atomic E-state index is 0. The van der Waals surface area contributed by atoms with E-state index in [-0.39, 0.29) is 61.9 Å². The van der Waals surface area contributed by atoms with E-state index in [1.165, 1.54) is 13.0 Å². The van der Waals surface area contributed by atoms with Crippen LogP contribution in [0.4, 0.5) is 11.4 Å².